The molecule has 5 unspecified atom stereocenters. The maximum atomic E-state index is 11.5. The topological polar surface area (TPSA) is 52.6 Å². The molecule has 5 atom stereocenters. The van der Waals surface area contributed by atoms with E-state index < -0.39 is 0 Å². The molecule has 2 saturated carbocycles. The number of hydrogen-bond acceptors (Lipinski definition) is 4. The molecule has 17 heavy (non-hydrogen) atoms. The number of carbonyl (C=O) groups excluding carboxylic acids is 2. The molecular formula is C13H16O4. The minimum absolute atomic E-state index is 0.0417. The van der Waals surface area contributed by atoms with E-state index in [0.717, 1.165) is 12.8 Å². The lowest BCUT2D eigenvalue weighted by atomic mass is 9.84. The molecule has 0 aromatic rings. The van der Waals surface area contributed by atoms with E-state index in [0.29, 0.717) is 23.8 Å². The van der Waals surface area contributed by atoms with Gasteiger partial charge in [0.2, 0.25) is 0 Å². The van der Waals surface area contributed by atoms with Gasteiger partial charge in [-0.15, -0.1) is 0 Å². The van der Waals surface area contributed by atoms with Gasteiger partial charge in [0.05, 0.1) is 6.42 Å². The van der Waals surface area contributed by atoms with Crippen molar-refractivity contribution < 1.29 is 19.1 Å². The van der Waals surface area contributed by atoms with Crippen molar-refractivity contribution >= 4 is 11.9 Å². The van der Waals surface area contributed by atoms with Crippen molar-refractivity contribution in [2.45, 2.75) is 38.4 Å². The third-order valence-electron chi connectivity index (χ3n) is 4.30. The fourth-order valence-corrected chi connectivity index (χ4v) is 3.60. The van der Waals surface area contributed by atoms with Crippen LogP contribution >= 0.6 is 0 Å². The Morgan fingerprint density at radius 3 is 2.88 bits per heavy atom. The molecule has 1 heterocycles. The molecule has 0 amide bonds. The second-order valence-corrected chi connectivity index (χ2v) is 5.44. The first-order chi connectivity index (χ1) is 8.06. The summed E-state index contributed by atoms with van der Waals surface area (Å²) >= 11 is 0. The first kappa shape index (κ1) is 10.8. The van der Waals surface area contributed by atoms with Crippen LogP contribution in [0.1, 0.15) is 26.2 Å². The highest BCUT2D eigenvalue weighted by atomic mass is 16.6. The van der Waals surface area contributed by atoms with E-state index in [1.807, 2.05) is 0 Å². The van der Waals surface area contributed by atoms with Crippen LogP contribution in [0, 0.1) is 17.8 Å². The molecule has 0 N–H and O–H groups in total. The molecular weight excluding hydrogens is 220 g/mol. The van der Waals surface area contributed by atoms with Gasteiger partial charge in [0, 0.05) is 23.3 Å². The molecule has 1 aliphatic heterocycles. The zero-order chi connectivity index (χ0) is 12.2. The first-order valence-electron chi connectivity index (χ1n) is 6.12. The molecule has 92 valence electrons. The van der Waals surface area contributed by atoms with E-state index in [1.165, 1.54) is 0 Å². The lowest BCUT2D eigenvalue weighted by molar-refractivity contribution is -0.150. The highest BCUT2D eigenvalue weighted by molar-refractivity contribution is 5.87. The van der Waals surface area contributed by atoms with Crippen LogP contribution in [0.5, 0.6) is 0 Å². The average Bonchev–Trinajstić information content (AvgIpc) is 2.87. The summed E-state index contributed by atoms with van der Waals surface area (Å²) in [7, 11) is 0. The van der Waals surface area contributed by atoms with Crippen molar-refractivity contribution in [1.29, 1.82) is 0 Å². The summed E-state index contributed by atoms with van der Waals surface area (Å²) in [6.45, 7) is 5.24. The molecule has 3 aliphatic rings. The van der Waals surface area contributed by atoms with Crippen molar-refractivity contribution in [2.24, 2.45) is 17.8 Å². The molecule has 3 fully saturated rings. The predicted octanol–water partition coefficient (Wildman–Crippen LogP) is 1.45. The Balaban J connectivity index is 1.70. The minimum atomic E-state index is -0.315. The lowest BCUT2D eigenvalue weighted by Gasteiger charge is -2.29. The second kappa shape index (κ2) is 3.59. The standard InChI is InChI=1S/C13H16O4/c1-6(2)13(15)16-10-4-7-3-8(10)9-5-11(14)17-12(7)9/h7-10,12H,1,3-5H2,2H3. The molecule has 2 aliphatic carbocycles. The Kier molecular flexibility index (Phi) is 2.28. The van der Waals surface area contributed by atoms with Gasteiger partial charge in [-0.25, -0.2) is 4.79 Å². The van der Waals surface area contributed by atoms with Gasteiger partial charge in [0.25, 0.3) is 0 Å². The Hall–Kier alpha value is -1.32. The molecule has 0 radical (unpaired) electrons. The fraction of sp³-hybridized carbons (Fsp3) is 0.692. The van der Waals surface area contributed by atoms with Crippen molar-refractivity contribution in [3.8, 4) is 0 Å². The van der Waals surface area contributed by atoms with E-state index in [2.05, 4.69) is 6.58 Å². The van der Waals surface area contributed by atoms with E-state index in [1.54, 1.807) is 6.92 Å². The predicted molar refractivity (Wildman–Crippen MR) is 58.9 cm³/mol. The summed E-state index contributed by atoms with van der Waals surface area (Å²) in [4.78, 5) is 22.8. The van der Waals surface area contributed by atoms with Crippen molar-refractivity contribution in [3.05, 3.63) is 12.2 Å². The zero-order valence-corrected chi connectivity index (χ0v) is 9.85. The molecule has 0 aromatic heterocycles. The van der Waals surface area contributed by atoms with E-state index in [4.69, 9.17) is 9.47 Å². The Morgan fingerprint density at radius 2 is 2.18 bits per heavy atom. The fourth-order valence-electron chi connectivity index (χ4n) is 3.60. The molecule has 0 aromatic carbocycles. The number of hydrogen-bond donors (Lipinski definition) is 0. The molecule has 3 rings (SSSR count). The van der Waals surface area contributed by atoms with Gasteiger partial charge >= 0.3 is 11.9 Å². The monoisotopic (exact) mass is 236 g/mol. The Bertz CT molecular complexity index is 400. The average molecular weight is 236 g/mol. The van der Waals surface area contributed by atoms with Crippen LogP contribution in [0.4, 0.5) is 0 Å². The van der Waals surface area contributed by atoms with Crippen LogP contribution in [0.15, 0.2) is 12.2 Å². The molecule has 1 saturated heterocycles. The van der Waals surface area contributed by atoms with Gasteiger partial charge in [0.1, 0.15) is 12.2 Å². The van der Waals surface area contributed by atoms with Crippen LogP contribution in [0.25, 0.3) is 0 Å². The maximum absolute atomic E-state index is 11.5. The first-order valence-corrected chi connectivity index (χ1v) is 6.12. The van der Waals surface area contributed by atoms with E-state index in [-0.39, 0.29) is 30.1 Å². The molecule has 4 heteroatoms. The molecule has 0 spiro atoms. The third-order valence-corrected chi connectivity index (χ3v) is 4.30. The van der Waals surface area contributed by atoms with Crippen LogP contribution in [-0.2, 0) is 19.1 Å². The Labute approximate surface area is 100.0 Å². The van der Waals surface area contributed by atoms with Crippen LogP contribution in [0.2, 0.25) is 0 Å². The van der Waals surface area contributed by atoms with Crippen LogP contribution < -0.4 is 0 Å². The summed E-state index contributed by atoms with van der Waals surface area (Å²) in [5, 5.41) is 0. The smallest absolute Gasteiger partial charge is 0.333 e. The van der Waals surface area contributed by atoms with Gasteiger partial charge in [-0.2, -0.15) is 0 Å². The summed E-state index contributed by atoms with van der Waals surface area (Å²) in [5.74, 6) is 0.550. The van der Waals surface area contributed by atoms with Crippen molar-refractivity contribution in [3.63, 3.8) is 0 Å². The van der Waals surface area contributed by atoms with Crippen molar-refractivity contribution in [2.75, 3.05) is 0 Å². The Morgan fingerprint density at radius 1 is 1.41 bits per heavy atom. The van der Waals surface area contributed by atoms with Gasteiger partial charge in [0.15, 0.2) is 0 Å². The summed E-state index contributed by atoms with van der Waals surface area (Å²) in [6.07, 6.45) is 2.40. The minimum Gasteiger partial charge on any atom is -0.462 e. The van der Waals surface area contributed by atoms with E-state index >= 15 is 0 Å². The highest BCUT2D eigenvalue weighted by Crippen LogP contribution is 2.54. The maximum Gasteiger partial charge on any atom is 0.333 e. The quantitative estimate of drug-likeness (QED) is 0.538. The normalized spacial score (nSPS) is 42.2. The highest BCUT2D eigenvalue weighted by Gasteiger charge is 2.59. The third kappa shape index (κ3) is 1.58. The summed E-state index contributed by atoms with van der Waals surface area (Å²) in [5.41, 5.74) is 0.433. The molecule has 4 nitrogen and oxygen atoms in total. The second-order valence-electron chi connectivity index (χ2n) is 5.44. The lowest BCUT2D eigenvalue weighted by Crippen LogP contribution is -2.35. The van der Waals surface area contributed by atoms with E-state index in [9.17, 15) is 9.59 Å². The largest absolute Gasteiger partial charge is 0.462 e. The van der Waals surface area contributed by atoms with Gasteiger partial charge < -0.3 is 9.47 Å². The molecule has 2 bridgehead atoms. The number of fused-ring (bicyclic) bond motifs is 5. The number of rotatable bonds is 2. The number of ether oxygens (including phenoxy) is 2. The SMILES string of the molecule is C=C(C)C(=O)OC1CC2CC1C1CC(=O)OC21. The summed E-state index contributed by atoms with van der Waals surface area (Å²) < 4.78 is 10.8. The zero-order valence-electron chi connectivity index (χ0n) is 9.85. The number of carbonyl (C=O) groups is 2. The number of esters is 2. The van der Waals surface area contributed by atoms with Gasteiger partial charge in [-0.05, 0) is 19.8 Å². The summed E-state index contributed by atoms with van der Waals surface area (Å²) in [6, 6.07) is 0. The van der Waals surface area contributed by atoms with Crippen LogP contribution in [-0.4, -0.2) is 24.1 Å². The van der Waals surface area contributed by atoms with Crippen LogP contribution in [0.3, 0.4) is 0 Å². The van der Waals surface area contributed by atoms with Crippen molar-refractivity contribution in [1.82, 2.24) is 0 Å². The van der Waals surface area contributed by atoms with Gasteiger partial charge in [-0.3, -0.25) is 4.79 Å². The van der Waals surface area contributed by atoms with Gasteiger partial charge in [-0.1, -0.05) is 6.58 Å².